The molecule has 1 heterocycles. The van der Waals surface area contributed by atoms with Crippen LogP contribution in [0.5, 0.6) is 5.75 Å². The molecule has 2 rings (SSSR count). The summed E-state index contributed by atoms with van der Waals surface area (Å²) in [5.74, 6) is 1.06. The molecule has 0 unspecified atom stereocenters. The quantitative estimate of drug-likeness (QED) is 0.460. The average molecular weight is 247 g/mol. The van der Waals surface area contributed by atoms with E-state index in [-0.39, 0.29) is 18.1 Å². The molecule has 1 aromatic heterocycles. The van der Waals surface area contributed by atoms with Crippen molar-refractivity contribution in [1.29, 1.82) is 0 Å². The second-order valence-corrected chi connectivity index (χ2v) is 3.47. The Morgan fingerprint density at radius 1 is 1.33 bits per heavy atom. The number of ether oxygens (including phenoxy) is 1. The van der Waals surface area contributed by atoms with E-state index in [2.05, 4.69) is 0 Å². The number of aldehydes is 1. The van der Waals surface area contributed by atoms with Crippen molar-refractivity contribution < 1.29 is 18.9 Å². The zero-order valence-corrected chi connectivity index (χ0v) is 9.24. The maximum Gasteiger partial charge on any atom is 0.273 e. The van der Waals surface area contributed by atoms with Crippen LogP contribution < -0.4 is 4.74 Å². The lowest BCUT2D eigenvalue weighted by Crippen LogP contribution is -1.95. The molecule has 0 N–H and O–H groups in total. The molecule has 6 nitrogen and oxygen atoms in total. The third kappa shape index (κ3) is 2.73. The van der Waals surface area contributed by atoms with Gasteiger partial charge in [-0.25, -0.2) is 0 Å². The summed E-state index contributed by atoms with van der Waals surface area (Å²) in [4.78, 5) is 20.5. The zero-order chi connectivity index (χ0) is 13.0. The molecule has 0 fully saturated rings. The molecule has 0 atom stereocenters. The molecule has 0 aliphatic heterocycles. The van der Waals surface area contributed by atoms with Crippen LogP contribution in [-0.4, -0.2) is 11.2 Å². The van der Waals surface area contributed by atoms with Crippen molar-refractivity contribution in [3.05, 3.63) is 58.0 Å². The molecule has 0 amide bonds. The van der Waals surface area contributed by atoms with Gasteiger partial charge in [-0.15, -0.1) is 0 Å². The predicted octanol–water partition coefficient (Wildman–Crippen LogP) is 2.58. The van der Waals surface area contributed by atoms with Gasteiger partial charge in [-0.3, -0.25) is 14.9 Å². The number of furan rings is 1. The Kier molecular flexibility index (Phi) is 3.38. The largest absolute Gasteiger partial charge is 0.485 e. The van der Waals surface area contributed by atoms with Crippen LogP contribution in [0.3, 0.4) is 0 Å². The van der Waals surface area contributed by atoms with Crippen LogP contribution in [0.25, 0.3) is 0 Å². The van der Waals surface area contributed by atoms with Gasteiger partial charge in [-0.1, -0.05) is 6.07 Å². The molecule has 0 radical (unpaired) electrons. The predicted molar refractivity (Wildman–Crippen MR) is 61.5 cm³/mol. The van der Waals surface area contributed by atoms with Gasteiger partial charge < -0.3 is 9.15 Å². The Balaban J connectivity index is 2.03. The Morgan fingerprint density at radius 2 is 2.17 bits per heavy atom. The minimum absolute atomic E-state index is 0.0412. The number of rotatable bonds is 5. The van der Waals surface area contributed by atoms with Crippen LogP contribution >= 0.6 is 0 Å². The van der Waals surface area contributed by atoms with Crippen LogP contribution in [-0.2, 0) is 6.61 Å². The van der Waals surface area contributed by atoms with Gasteiger partial charge in [0.15, 0.2) is 12.0 Å². The number of non-ortho nitro benzene ring substituents is 1. The number of nitrogens with zero attached hydrogens (tertiary/aromatic N) is 1. The number of carbonyl (C=O) groups excluding carboxylic acids is 1. The first-order valence-electron chi connectivity index (χ1n) is 5.10. The Labute approximate surface area is 102 Å². The highest BCUT2D eigenvalue weighted by atomic mass is 16.6. The number of nitro groups is 1. The van der Waals surface area contributed by atoms with E-state index in [1.54, 1.807) is 12.1 Å². The summed E-state index contributed by atoms with van der Waals surface area (Å²) >= 11 is 0. The van der Waals surface area contributed by atoms with Gasteiger partial charge >= 0.3 is 0 Å². The smallest absolute Gasteiger partial charge is 0.273 e. The van der Waals surface area contributed by atoms with E-state index < -0.39 is 4.92 Å². The van der Waals surface area contributed by atoms with E-state index in [0.29, 0.717) is 17.8 Å². The highest BCUT2D eigenvalue weighted by molar-refractivity contribution is 5.70. The maximum atomic E-state index is 10.6. The summed E-state index contributed by atoms with van der Waals surface area (Å²) in [5.41, 5.74) is -0.0412. The van der Waals surface area contributed by atoms with Crippen LogP contribution in [0.1, 0.15) is 16.3 Å². The molecule has 0 saturated heterocycles. The molecule has 2 aromatic rings. The second kappa shape index (κ2) is 5.13. The Bertz CT molecular complexity index is 575. The SMILES string of the molecule is O=Cc1ccc(COc2cccc([N+](=O)[O-])c2)o1. The number of hydrogen-bond donors (Lipinski definition) is 0. The van der Waals surface area contributed by atoms with E-state index in [4.69, 9.17) is 9.15 Å². The highest BCUT2D eigenvalue weighted by Gasteiger charge is 2.07. The normalized spacial score (nSPS) is 10.0. The van der Waals surface area contributed by atoms with Gasteiger partial charge in [0.1, 0.15) is 18.1 Å². The number of carbonyl (C=O) groups is 1. The standard InChI is InChI=1S/C12H9NO5/c14-7-11-4-5-12(18-11)8-17-10-3-1-2-9(6-10)13(15)16/h1-7H,8H2. The lowest BCUT2D eigenvalue weighted by Gasteiger charge is -2.03. The molecule has 0 aliphatic carbocycles. The van der Waals surface area contributed by atoms with E-state index in [1.807, 2.05) is 0 Å². The lowest BCUT2D eigenvalue weighted by molar-refractivity contribution is -0.384. The molecule has 0 spiro atoms. The van der Waals surface area contributed by atoms with Gasteiger partial charge in [-0.2, -0.15) is 0 Å². The fraction of sp³-hybridized carbons (Fsp3) is 0.0833. The fourth-order valence-corrected chi connectivity index (χ4v) is 1.38. The molecule has 18 heavy (non-hydrogen) atoms. The van der Waals surface area contributed by atoms with Gasteiger partial charge in [0.2, 0.25) is 0 Å². The Morgan fingerprint density at radius 3 is 2.83 bits per heavy atom. The molecule has 0 saturated carbocycles. The summed E-state index contributed by atoms with van der Waals surface area (Å²) in [6, 6.07) is 8.98. The molecular formula is C12H9NO5. The highest BCUT2D eigenvalue weighted by Crippen LogP contribution is 2.20. The lowest BCUT2D eigenvalue weighted by atomic mass is 10.3. The van der Waals surface area contributed by atoms with Crippen LogP contribution in [0.15, 0.2) is 40.8 Å². The summed E-state index contributed by atoms with van der Waals surface area (Å²) in [5, 5.41) is 10.6. The molecule has 0 bridgehead atoms. The summed E-state index contributed by atoms with van der Waals surface area (Å²) in [6.07, 6.45) is 0.594. The van der Waals surface area contributed by atoms with E-state index in [1.165, 1.54) is 24.3 Å². The Hall–Kier alpha value is -2.63. The average Bonchev–Trinajstić information content (AvgIpc) is 2.84. The molecule has 6 heteroatoms. The van der Waals surface area contributed by atoms with Crippen molar-refractivity contribution in [2.24, 2.45) is 0 Å². The van der Waals surface area contributed by atoms with Crippen molar-refractivity contribution in [3.63, 3.8) is 0 Å². The summed E-state index contributed by atoms with van der Waals surface area (Å²) < 4.78 is 10.4. The maximum absolute atomic E-state index is 10.6. The molecular weight excluding hydrogens is 238 g/mol. The number of benzene rings is 1. The van der Waals surface area contributed by atoms with Crippen molar-refractivity contribution in [3.8, 4) is 5.75 Å². The number of nitro benzene ring substituents is 1. The third-order valence-corrected chi connectivity index (χ3v) is 2.21. The number of hydrogen-bond acceptors (Lipinski definition) is 5. The van der Waals surface area contributed by atoms with E-state index >= 15 is 0 Å². The fourth-order valence-electron chi connectivity index (χ4n) is 1.38. The zero-order valence-electron chi connectivity index (χ0n) is 9.24. The van der Waals surface area contributed by atoms with Gasteiger partial charge in [0, 0.05) is 6.07 Å². The van der Waals surface area contributed by atoms with Crippen molar-refractivity contribution >= 4 is 12.0 Å². The van der Waals surface area contributed by atoms with Crippen LogP contribution in [0.2, 0.25) is 0 Å². The van der Waals surface area contributed by atoms with Gasteiger partial charge in [0.25, 0.3) is 5.69 Å². The van der Waals surface area contributed by atoms with Crippen molar-refractivity contribution in [1.82, 2.24) is 0 Å². The minimum Gasteiger partial charge on any atom is -0.485 e. The van der Waals surface area contributed by atoms with E-state index in [0.717, 1.165) is 0 Å². The third-order valence-electron chi connectivity index (χ3n) is 2.21. The second-order valence-electron chi connectivity index (χ2n) is 3.47. The van der Waals surface area contributed by atoms with Crippen molar-refractivity contribution in [2.45, 2.75) is 6.61 Å². The first kappa shape index (κ1) is 11.8. The molecule has 0 aliphatic rings. The first-order chi connectivity index (χ1) is 8.69. The van der Waals surface area contributed by atoms with Crippen LogP contribution in [0, 0.1) is 10.1 Å². The van der Waals surface area contributed by atoms with E-state index in [9.17, 15) is 14.9 Å². The van der Waals surface area contributed by atoms with Gasteiger partial charge in [0.05, 0.1) is 11.0 Å². The molecule has 92 valence electrons. The minimum atomic E-state index is -0.496. The summed E-state index contributed by atoms with van der Waals surface area (Å²) in [7, 11) is 0. The van der Waals surface area contributed by atoms with Crippen LogP contribution in [0.4, 0.5) is 5.69 Å². The topological polar surface area (TPSA) is 82.6 Å². The summed E-state index contributed by atoms with van der Waals surface area (Å²) in [6.45, 7) is 0.106. The first-order valence-corrected chi connectivity index (χ1v) is 5.10. The monoisotopic (exact) mass is 247 g/mol. The molecule has 1 aromatic carbocycles. The van der Waals surface area contributed by atoms with Crippen molar-refractivity contribution in [2.75, 3.05) is 0 Å². The van der Waals surface area contributed by atoms with Gasteiger partial charge in [-0.05, 0) is 18.2 Å².